The van der Waals surface area contributed by atoms with E-state index in [0.29, 0.717) is 0 Å². The third-order valence-electron chi connectivity index (χ3n) is 2.33. The summed E-state index contributed by atoms with van der Waals surface area (Å²) >= 11 is 3.16. The molecular weight excluding hydrogens is 296 g/mol. The van der Waals surface area contributed by atoms with Crippen LogP contribution in [0.5, 0.6) is 0 Å². The Kier molecular flexibility index (Phi) is 4.91. The smallest absolute Gasteiger partial charge is 0.303 e. The highest BCUT2D eigenvalue weighted by molar-refractivity contribution is 9.09. The maximum absolute atomic E-state index is 11.0. The molecule has 1 heterocycles. The quantitative estimate of drug-likeness (QED) is 0.585. The third-order valence-corrected chi connectivity index (χ3v) is 3.30. The van der Waals surface area contributed by atoms with Gasteiger partial charge in [-0.3, -0.25) is 9.59 Å². The van der Waals surface area contributed by atoms with Crippen LogP contribution in [0.3, 0.4) is 0 Å². The number of halogens is 1. The van der Waals surface area contributed by atoms with Gasteiger partial charge in [0.05, 0.1) is 6.10 Å². The Bertz CT molecular complexity index is 307. The first-order chi connectivity index (χ1) is 7.82. The molecule has 0 aromatic carbocycles. The van der Waals surface area contributed by atoms with Crippen molar-refractivity contribution in [1.82, 2.24) is 0 Å². The maximum atomic E-state index is 11.0. The highest BCUT2D eigenvalue weighted by atomic mass is 79.9. The molecule has 1 rings (SSSR count). The molecule has 2 unspecified atom stereocenters. The van der Waals surface area contributed by atoms with E-state index in [4.69, 9.17) is 14.2 Å². The van der Waals surface area contributed by atoms with Crippen molar-refractivity contribution in [3.8, 4) is 0 Å². The number of aliphatic hydroxyl groups is 1. The van der Waals surface area contributed by atoms with E-state index in [0.717, 1.165) is 0 Å². The van der Waals surface area contributed by atoms with Crippen LogP contribution in [0.1, 0.15) is 20.8 Å². The molecule has 6 nitrogen and oxygen atoms in total. The van der Waals surface area contributed by atoms with Crippen molar-refractivity contribution in [2.75, 3.05) is 0 Å². The Balaban J connectivity index is 2.86. The minimum atomic E-state index is -1.12. The summed E-state index contributed by atoms with van der Waals surface area (Å²) in [6.07, 6.45) is -3.22. The second kappa shape index (κ2) is 5.79. The van der Waals surface area contributed by atoms with E-state index in [1.807, 2.05) is 0 Å². The topological polar surface area (TPSA) is 82.1 Å². The minimum absolute atomic E-state index is 0.501. The standard InChI is InChI=1S/C10H15BrO6/c1-4-8(16-5(2)12)9(17-6(3)13)7(11)10(14)15-4/h4,7-10,14H,1-3H3/t4?,7?,8-,9-,10-/m1/s1. The van der Waals surface area contributed by atoms with Gasteiger partial charge in [0, 0.05) is 13.8 Å². The van der Waals surface area contributed by atoms with E-state index in [1.165, 1.54) is 13.8 Å². The molecule has 7 heteroatoms. The zero-order valence-corrected chi connectivity index (χ0v) is 11.3. The summed E-state index contributed by atoms with van der Waals surface area (Å²) in [6, 6.07) is 0. The third kappa shape index (κ3) is 3.65. The van der Waals surface area contributed by atoms with Crippen LogP contribution in [0.25, 0.3) is 0 Å². The van der Waals surface area contributed by atoms with Gasteiger partial charge in [-0.25, -0.2) is 0 Å². The number of hydrogen-bond acceptors (Lipinski definition) is 6. The maximum Gasteiger partial charge on any atom is 0.303 e. The van der Waals surface area contributed by atoms with Crippen LogP contribution in [0.2, 0.25) is 0 Å². The monoisotopic (exact) mass is 310 g/mol. The van der Waals surface area contributed by atoms with E-state index < -0.39 is 41.4 Å². The van der Waals surface area contributed by atoms with Gasteiger partial charge in [-0.15, -0.1) is 0 Å². The van der Waals surface area contributed by atoms with E-state index in [2.05, 4.69) is 15.9 Å². The fourth-order valence-electron chi connectivity index (χ4n) is 1.66. The van der Waals surface area contributed by atoms with Crippen molar-refractivity contribution in [3.05, 3.63) is 0 Å². The first-order valence-electron chi connectivity index (χ1n) is 5.15. The van der Waals surface area contributed by atoms with E-state index in [-0.39, 0.29) is 0 Å². The van der Waals surface area contributed by atoms with Crippen LogP contribution in [-0.4, -0.2) is 46.5 Å². The molecular formula is C10H15BrO6. The van der Waals surface area contributed by atoms with Crippen LogP contribution in [0, 0.1) is 0 Å². The number of esters is 2. The molecule has 0 amide bonds. The molecule has 0 aliphatic carbocycles. The molecule has 1 saturated heterocycles. The van der Waals surface area contributed by atoms with Crippen LogP contribution < -0.4 is 0 Å². The number of carbonyl (C=O) groups excluding carboxylic acids is 2. The van der Waals surface area contributed by atoms with Crippen molar-refractivity contribution in [2.24, 2.45) is 0 Å². The molecule has 5 atom stereocenters. The summed E-state index contributed by atoms with van der Waals surface area (Å²) in [7, 11) is 0. The number of alkyl halides is 1. The van der Waals surface area contributed by atoms with Gasteiger partial charge in [-0.05, 0) is 6.92 Å². The predicted molar refractivity (Wildman–Crippen MR) is 60.4 cm³/mol. The lowest BCUT2D eigenvalue weighted by atomic mass is 10.0. The number of ether oxygens (including phenoxy) is 3. The minimum Gasteiger partial charge on any atom is -0.457 e. The fraction of sp³-hybridized carbons (Fsp3) is 0.800. The summed E-state index contributed by atoms with van der Waals surface area (Å²) in [5.74, 6) is -1.02. The second-order valence-corrected chi connectivity index (χ2v) is 4.88. The summed E-state index contributed by atoms with van der Waals surface area (Å²) in [5, 5.41) is 9.58. The largest absolute Gasteiger partial charge is 0.457 e. The van der Waals surface area contributed by atoms with Gasteiger partial charge in [-0.2, -0.15) is 0 Å². The van der Waals surface area contributed by atoms with E-state index in [1.54, 1.807) is 6.92 Å². The average molecular weight is 311 g/mol. The Labute approximate surface area is 107 Å². The van der Waals surface area contributed by atoms with Gasteiger partial charge in [0.2, 0.25) is 0 Å². The molecule has 1 N–H and O–H groups in total. The molecule has 0 aromatic heterocycles. The number of aliphatic hydroxyl groups excluding tert-OH is 1. The van der Waals surface area contributed by atoms with Crippen molar-refractivity contribution in [3.63, 3.8) is 0 Å². The summed E-state index contributed by atoms with van der Waals surface area (Å²) < 4.78 is 15.3. The number of carbonyl (C=O) groups is 2. The predicted octanol–water partition coefficient (Wildman–Crippen LogP) is 0.350. The van der Waals surface area contributed by atoms with Crippen molar-refractivity contribution in [2.45, 2.75) is 50.2 Å². The van der Waals surface area contributed by atoms with E-state index in [9.17, 15) is 14.7 Å². The molecule has 0 bridgehead atoms. The normalized spacial score (nSPS) is 37.4. The van der Waals surface area contributed by atoms with Gasteiger partial charge >= 0.3 is 11.9 Å². The molecule has 1 aliphatic heterocycles. The lowest BCUT2D eigenvalue weighted by molar-refractivity contribution is -0.236. The molecule has 1 fully saturated rings. The first kappa shape index (κ1) is 14.4. The highest BCUT2D eigenvalue weighted by Crippen LogP contribution is 2.29. The van der Waals surface area contributed by atoms with Gasteiger partial charge in [-0.1, -0.05) is 15.9 Å². The first-order valence-corrected chi connectivity index (χ1v) is 6.06. The van der Waals surface area contributed by atoms with Gasteiger partial charge in [0.1, 0.15) is 4.83 Å². The summed E-state index contributed by atoms with van der Waals surface area (Å²) in [5.41, 5.74) is 0. The van der Waals surface area contributed by atoms with Gasteiger partial charge in [0.15, 0.2) is 18.5 Å². The van der Waals surface area contributed by atoms with Crippen LogP contribution in [0.15, 0.2) is 0 Å². The van der Waals surface area contributed by atoms with Gasteiger partial charge in [0.25, 0.3) is 0 Å². The van der Waals surface area contributed by atoms with Gasteiger partial charge < -0.3 is 19.3 Å². The van der Waals surface area contributed by atoms with Crippen molar-refractivity contribution < 1.29 is 28.9 Å². The zero-order chi connectivity index (χ0) is 13.2. The Morgan fingerprint density at radius 1 is 1.18 bits per heavy atom. The van der Waals surface area contributed by atoms with Crippen molar-refractivity contribution >= 4 is 27.9 Å². The lowest BCUT2D eigenvalue weighted by Crippen LogP contribution is -2.57. The van der Waals surface area contributed by atoms with Crippen LogP contribution >= 0.6 is 15.9 Å². The lowest BCUT2D eigenvalue weighted by Gasteiger charge is -2.40. The summed E-state index contributed by atoms with van der Waals surface area (Å²) in [4.78, 5) is 21.3. The second-order valence-electron chi connectivity index (χ2n) is 3.82. The summed E-state index contributed by atoms with van der Waals surface area (Å²) in [6.45, 7) is 4.13. The SMILES string of the molecule is CC(=O)O[C@@H]1C(C)O[C@@H](O)C(Br)[C@H]1OC(C)=O. The molecule has 0 radical (unpaired) electrons. The molecule has 98 valence electrons. The molecule has 0 aromatic rings. The molecule has 1 aliphatic rings. The van der Waals surface area contributed by atoms with Crippen molar-refractivity contribution in [1.29, 1.82) is 0 Å². The molecule has 0 spiro atoms. The highest BCUT2D eigenvalue weighted by Gasteiger charge is 2.46. The average Bonchev–Trinajstić information content (AvgIpc) is 2.19. The molecule has 17 heavy (non-hydrogen) atoms. The molecule has 0 saturated carbocycles. The van der Waals surface area contributed by atoms with Crippen LogP contribution in [0.4, 0.5) is 0 Å². The number of hydrogen-bond donors (Lipinski definition) is 1. The Morgan fingerprint density at radius 3 is 2.12 bits per heavy atom. The number of rotatable bonds is 2. The Hall–Kier alpha value is -0.660. The van der Waals surface area contributed by atoms with Crippen LogP contribution in [-0.2, 0) is 23.8 Å². The Morgan fingerprint density at radius 2 is 1.65 bits per heavy atom. The van der Waals surface area contributed by atoms with E-state index >= 15 is 0 Å². The fourth-order valence-corrected chi connectivity index (χ4v) is 2.19. The zero-order valence-electron chi connectivity index (χ0n) is 9.75.